The molecule has 3 unspecified atom stereocenters. The Morgan fingerprint density at radius 1 is 1.32 bits per heavy atom. The van der Waals surface area contributed by atoms with Gasteiger partial charge in [-0.3, -0.25) is 4.90 Å². The standard InChI is InChI=1S/C13H22N2O3S/c1-7(2)8(3)14-13(18)15-10(12(16)17)6-19-11(15)9-4-5-9/h7-11H,4-6H2,1-3H3,(H,14,18)(H,16,17). The van der Waals surface area contributed by atoms with Gasteiger partial charge in [0, 0.05) is 11.8 Å². The van der Waals surface area contributed by atoms with Gasteiger partial charge in [0.2, 0.25) is 0 Å². The van der Waals surface area contributed by atoms with E-state index in [1.165, 1.54) is 0 Å². The number of hydrogen-bond acceptors (Lipinski definition) is 3. The van der Waals surface area contributed by atoms with Gasteiger partial charge in [-0.05, 0) is 31.6 Å². The summed E-state index contributed by atoms with van der Waals surface area (Å²) in [6.45, 7) is 6.03. The van der Waals surface area contributed by atoms with Crippen molar-refractivity contribution in [3.05, 3.63) is 0 Å². The minimum absolute atomic E-state index is 0.0421. The Kier molecular flexibility index (Phi) is 4.28. The van der Waals surface area contributed by atoms with Gasteiger partial charge < -0.3 is 10.4 Å². The first kappa shape index (κ1) is 14.5. The summed E-state index contributed by atoms with van der Waals surface area (Å²) in [5.74, 6) is 0.416. The zero-order valence-corrected chi connectivity index (χ0v) is 12.4. The van der Waals surface area contributed by atoms with Gasteiger partial charge in [0.25, 0.3) is 0 Å². The highest BCUT2D eigenvalue weighted by molar-refractivity contribution is 8.00. The van der Waals surface area contributed by atoms with E-state index in [1.807, 2.05) is 20.8 Å². The summed E-state index contributed by atoms with van der Waals surface area (Å²) in [7, 11) is 0. The van der Waals surface area contributed by atoms with Gasteiger partial charge >= 0.3 is 12.0 Å². The number of carboxylic acid groups (broad SMARTS) is 1. The molecule has 1 aliphatic carbocycles. The number of aliphatic carboxylic acids is 1. The summed E-state index contributed by atoms with van der Waals surface area (Å²) in [4.78, 5) is 25.2. The number of carboxylic acids is 1. The third-order valence-corrected chi connectivity index (χ3v) is 5.39. The Bertz CT molecular complexity index is 371. The van der Waals surface area contributed by atoms with Crippen molar-refractivity contribution in [1.82, 2.24) is 10.2 Å². The van der Waals surface area contributed by atoms with E-state index in [4.69, 9.17) is 0 Å². The molecule has 1 heterocycles. The van der Waals surface area contributed by atoms with Crippen molar-refractivity contribution in [3.8, 4) is 0 Å². The first-order valence-corrected chi connectivity index (χ1v) is 7.90. The van der Waals surface area contributed by atoms with E-state index in [0.717, 1.165) is 12.8 Å². The molecule has 2 N–H and O–H groups in total. The average molecular weight is 286 g/mol. The molecule has 3 atom stereocenters. The second-order valence-electron chi connectivity index (χ2n) is 5.80. The number of carbonyl (C=O) groups is 2. The fourth-order valence-electron chi connectivity index (χ4n) is 2.16. The molecule has 0 aromatic carbocycles. The first-order valence-electron chi connectivity index (χ1n) is 6.85. The molecule has 2 rings (SSSR count). The summed E-state index contributed by atoms with van der Waals surface area (Å²) < 4.78 is 0. The van der Waals surface area contributed by atoms with Gasteiger partial charge in [0.05, 0.1) is 5.37 Å². The molecule has 0 spiro atoms. The Hall–Kier alpha value is -0.910. The highest BCUT2D eigenvalue weighted by atomic mass is 32.2. The van der Waals surface area contributed by atoms with Gasteiger partial charge in [0.15, 0.2) is 0 Å². The van der Waals surface area contributed by atoms with Gasteiger partial charge in [-0.25, -0.2) is 9.59 Å². The highest BCUT2D eigenvalue weighted by Gasteiger charge is 2.48. The smallest absolute Gasteiger partial charge is 0.327 e. The molecule has 2 fully saturated rings. The second-order valence-corrected chi connectivity index (χ2v) is 6.95. The lowest BCUT2D eigenvalue weighted by molar-refractivity contribution is -0.141. The van der Waals surface area contributed by atoms with Crippen molar-refractivity contribution in [2.45, 2.75) is 51.1 Å². The Labute approximate surface area is 118 Å². The lowest BCUT2D eigenvalue weighted by Crippen LogP contribution is -2.53. The number of nitrogens with one attached hydrogen (secondary N) is 1. The number of hydrogen-bond donors (Lipinski definition) is 2. The van der Waals surface area contributed by atoms with Crippen LogP contribution in [-0.2, 0) is 4.79 Å². The van der Waals surface area contributed by atoms with Crippen molar-refractivity contribution in [3.63, 3.8) is 0 Å². The molecule has 1 saturated heterocycles. The lowest BCUT2D eigenvalue weighted by atomic mass is 10.1. The topological polar surface area (TPSA) is 69.6 Å². The molecule has 5 nitrogen and oxygen atoms in total. The maximum Gasteiger partial charge on any atom is 0.327 e. The predicted octanol–water partition coefficient (Wildman–Crippen LogP) is 1.98. The van der Waals surface area contributed by atoms with E-state index < -0.39 is 12.0 Å². The highest BCUT2D eigenvalue weighted by Crippen LogP contribution is 2.45. The number of amides is 2. The Morgan fingerprint density at radius 2 is 1.95 bits per heavy atom. The minimum atomic E-state index is -0.900. The fourth-order valence-corrected chi connectivity index (χ4v) is 3.79. The summed E-state index contributed by atoms with van der Waals surface area (Å²) in [6.07, 6.45) is 2.21. The molecule has 2 aliphatic rings. The first-order chi connectivity index (χ1) is 8.91. The normalized spacial score (nSPS) is 28.5. The maximum atomic E-state index is 12.4. The Morgan fingerprint density at radius 3 is 2.42 bits per heavy atom. The van der Waals surface area contributed by atoms with Crippen molar-refractivity contribution >= 4 is 23.8 Å². The van der Waals surface area contributed by atoms with E-state index in [0.29, 0.717) is 17.6 Å². The number of urea groups is 1. The van der Waals surface area contributed by atoms with Crippen LogP contribution in [0.4, 0.5) is 4.79 Å². The maximum absolute atomic E-state index is 12.4. The van der Waals surface area contributed by atoms with Crippen molar-refractivity contribution in [2.75, 3.05) is 5.75 Å². The molecule has 2 amide bonds. The third kappa shape index (κ3) is 3.16. The monoisotopic (exact) mass is 286 g/mol. The average Bonchev–Trinajstić information content (AvgIpc) is 3.06. The number of thioether (sulfide) groups is 1. The number of nitrogens with zero attached hydrogens (tertiary/aromatic N) is 1. The van der Waals surface area contributed by atoms with E-state index in [1.54, 1.807) is 16.7 Å². The summed E-state index contributed by atoms with van der Waals surface area (Å²) >= 11 is 1.61. The zero-order chi connectivity index (χ0) is 14.2. The molecule has 19 heavy (non-hydrogen) atoms. The molecule has 1 aliphatic heterocycles. The van der Waals surface area contributed by atoms with Crippen LogP contribution in [0.2, 0.25) is 0 Å². The Balaban J connectivity index is 2.07. The van der Waals surface area contributed by atoms with E-state index in [-0.39, 0.29) is 17.4 Å². The van der Waals surface area contributed by atoms with Crippen LogP contribution in [0.5, 0.6) is 0 Å². The van der Waals surface area contributed by atoms with Gasteiger partial charge in [-0.15, -0.1) is 11.8 Å². The third-order valence-electron chi connectivity index (χ3n) is 3.93. The van der Waals surface area contributed by atoms with Crippen molar-refractivity contribution < 1.29 is 14.7 Å². The summed E-state index contributed by atoms with van der Waals surface area (Å²) in [6, 6.07) is -0.863. The van der Waals surface area contributed by atoms with Gasteiger partial charge in [-0.1, -0.05) is 13.8 Å². The molecule has 0 radical (unpaired) electrons. The van der Waals surface area contributed by atoms with Crippen LogP contribution in [0.25, 0.3) is 0 Å². The lowest BCUT2D eigenvalue weighted by Gasteiger charge is -2.30. The van der Waals surface area contributed by atoms with Crippen molar-refractivity contribution in [2.24, 2.45) is 11.8 Å². The van der Waals surface area contributed by atoms with Crippen LogP contribution in [-0.4, -0.2) is 45.2 Å². The number of carbonyl (C=O) groups excluding carboxylic acids is 1. The number of rotatable bonds is 4. The molecule has 0 aromatic heterocycles. The fraction of sp³-hybridized carbons (Fsp3) is 0.846. The van der Waals surface area contributed by atoms with Gasteiger partial charge in [0.1, 0.15) is 6.04 Å². The molecular weight excluding hydrogens is 264 g/mol. The molecule has 6 heteroatoms. The van der Waals surface area contributed by atoms with Crippen LogP contribution < -0.4 is 5.32 Å². The second kappa shape index (κ2) is 5.61. The van der Waals surface area contributed by atoms with Crippen molar-refractivity contribution in [1.29, 1.82) is 0 Å². The van der Waals surface area contributed by atoms with Crippen LogP contribution in [0.15, 0.2) is 0 Å². The molecule has 0 aromatic rings. The van der Waals surface area contributed by atoms with Crippen LogP contribution in [0.3, 0.4) is 0 Å². The molecule has 108 valence electrons. The van der Waals surface area contributed by atoms with Gasteiger partial charge in [-0.2, -0.15) is 0 Å². The van der Waals surface area contributed by atoms with Crippen LogP contribution in [0.1, 0.15) is 33.6 Å². The van der Waals surface area contributed by atoms with Crippen LogP contribution in [0, 0.1) is 11.8 Å². The minimum Gasteiger partial charge on any atom is -0.480 e. The molecule has 0 bridgehead atoms. The molecule has 1 saturated carbocycles. The van der Waals surface area contributed by atoms with Crippen LogP contribution >= 0.6 is 11.8 Å². The zero-order valence-electron chi connectivity index (χ0n) is 11.6. The van der Waals surface area contributed by atoms with E-state index in [2.05, 4.69) is 5.32 Å². The predicted molar refractivity (Wildman–Crippen MR) is 75.1 cm³/mol. The summed E-state index contributed by atoms with van der Waals surface area (Å²) in [5.41, 5.74) is 0. The van der Waals surface area contributed by atoms with E-state index in [9.17, 15) is 14.7 Å². The SMILES string of the molecule is CC(C)C(C)NC(=O)N1C(C(=O)O)CSC1C1CC1. The van der Waals surface area contributed by atoms with E-state index >= 15 is 0 Å². The molecular formula is C13H22N2O3S. The largest absolute Gasteiger partial charge is 0.480 e. The quantitative estimate of drug-likeness (QED) is 0.829. The summed E-state index contributed by atoms with van der Waals surface area (Å²) in [5, 5.41) is 12.2.